The summed E-state index contributed by atoms with van der Waals surface area (Å²) in [6, 6.07) is 16.3. The second-order valence-electron chi connectivity index (χ2n) is 8.42. The van der Waals surface area contributed by atoms with Crippen LogP contribution in [0, 0.1) is 0 Å². The van der Waals surface area contributed by atoms with E-state index < -0.39 is 34.4 Å². The van der Waals surface area contributed by atoms with Crippen LogP contribution in [0.5, 0.6) is 11.5 Å². The van der Waals surface area contributed by atoms with E-state index in [1.54, 1.807) is 55.5 Å². The van der Waals surface area contributed by atoms with Gasteiger partial charge in [0.1, 0.15) is 24.1 Å². The molecule has 39 heavy (non-hydrogen) atoms. The van der Waals surface area contributed by atoms with E-state index in [9.17, 15) is 18.0 Å². The van der Waals surface area contributed by atoms with Crippen LogP contribution < -0.4 is 19.1 Å². The highest BCUT2D eigenvalue weighted by atomic mass is 35.5. The number of benzene rings is 3. The van der Waals surface area contributed by atoms with Gasteiger partial charge in [0.25, 0.3) is 10.0 Å². The van der Waals surface area contributed by atoms with E-state index >= 15 is 0 Å². The minimum Gasteiger partial charge on any atom is -0.497 e. The van der Waals surface area contributed by atoms with Crippen LogP contribution in [0.25, 0.3) is 0 Å². The van der Waals surface area contributed by atoms with Crippen LogP contribution in [0.15, 0.2) is 71.6 Å². The van der Waals surface area contributed by atoms with Crippen molar-refractivity contribution in [1.82, 2.24) is 10.2 Å². The van der Waals surface area contributed by atoms with Crippen molar-refractivity contribution in [1.29, 1.82) is 0 Å². The fourth-order valence-electron chi connectivity index (χ4n) is 3.85. The quantitative estimate of drug-likeness (QED) is 0.354. The van der Waals surface area contributed by atoms with Crippen LogP contribution in [0.1, 0.15) is 12.5 Å². The summed E-state index contributed by atoms with van der Waals surface area (Å²) < 4.78 is 39.5. The van der Waals surface area contributed by atoms with Crippen LogP contribution in [0.3, 0.4) is 0 Å². The Kier molecular flexibility index (Phi) is 10.1. The van der Waals surface area contributed by atoms with Crippen LogP contribution in [0.4, 0.5) is 5.69 Å². The Morgan fingerprint density at radius 1 is 0.949 bits per heavy atom. The van der Waals surface area contributed by atoms with Gasteiger partial charge < -0.3 is 19.7 Å². The van der Waals surface area contributed by atoms with E-state index in [1.165, 1.54) is 44.4 Å². The molecule has 0 aliphatic heterocycles. The maximum absolute atomic E-state index is 13.9. The van der Waals surface area contributed by atoms with Crippen molar-refractivity contribution in [3.05, 3.63) is 82.3 Å². The molecule has 0 saturated heterocycles. The molecule has 12 heteroatoms. The Morgan fingerprint density at radius 3 is 2.23 bits per heavy atom. The summed E-state index contributed by atoms with van der Waals surface area (Å²) in [6.07, 6.45) is 0. The number of hydrogen-bond acceptors (Lipinski definition) is 6. The van der Waals surface area contributed by atoms with Crippen molar-refractivity contribution in [2.24, 2.45) is 0 Å². The lowest BCUT2D eigenvalue weighted by Gasteiger charge is -2.32. The molecule has 0 aliphatic carbocycles. The molecular formula is C27H29Cl2N3O6S. The molecule has 0 aliphatic rings. The Labute approximate surface area is 238 Å². The highest BCUT2D eigenvalue weighted by molar-refractivity contribution is 7.92. The maximum Gasteiger partial charge on any atom is 0.264 e. The van der Waals surface area contributed by atoms with Crippen molar-refractivity contribution < 1.29 is 27.5 Å². The third-order valence-corrected chi connectivity index (χ3v) is 8.53. The number of anilines is 1. The van der Waals surface area contributed by atoms with Gasteiger partial charge in [0.15, 0.2) is 0 Å². The van der Waals surface area contributed by atoms with Crippen LogP contribution in [0.2, 0.25) is 10.0 Å². The molecule has 3 aromatic carbocycles. The van der Waals surface area contributed by atoms with Crippen molar-refractivity contribution in [3.63, 3.8) is 0 Å². The SMILES string of the molecule is CNC(=O)[C@@H](C)N(Cc1ccc(Cl)c(Cl)c1)C(=O)CN(c1cc(OC)ccc1OC)S(=O)(=O)c1ccccc1. The molecule has 1 N–H and O–H groups in total. The second kappa shape index (κ2) is 13.1. The molecule has 0 spiro atoms. The number of rotatable bonds is 11. The first kappa shape index (κ1) is 30.1. The summed E-state index contributed by atoms with van der Waals surface area (Å²) in [5, 5.41) is 3.15. The first-order valence-corrected chi connectivity index (χ1v) is 14.0. The standard InChI is InChI=1S/C27H29Cl2N3O6S/c1-18(27(34)30-2)31(16-19-10-12-22(28)23(29)14-19)26(33)17-32(39(35,36)21-8-6-5-7-9-21)24-15-20(37-3)11-13-25(24)38-4/h5-15,18H,16-17H2,1-4H3,(H,30,34)/t18-/m1/s1. The van der Waals surface area contributed by atoms with Gasteiger partial charge in [0, 0.05) is 19.7 Å². The lowest BCUT2D eigenvalue weighted by atomic mass is 10.1. The number of sulfonamides is 1. The van der Waals surface area contributed by atoms with E-state index in [0.29, 0.717) is 16.3 Å². The zero-order valence-corrected chi connectivity index (χ0v) is 24.2. The molecule has 0 aromatic heterocycles. The van der Waals surface area contributed by atoms with Crippen molar-refractivity contribution >= 4 is 50.7 Å². The van der Waals surface area contributed by atoms with Gasteiger partial charge in [-0.1, -0.05) is 47.5 Å². The Bertz CT molecular complexity index is 1440. The van der Waals surface area contributed by atoms with E-state index in [-0.39, 0.29) is 27.9 Å². The summed E-state index contributed by atoms with van der Waals surface area (Å²) >= 11 is 12.2. The van der Waals surface area contributed by atoms with Crippen molar-refractivity contribution in [3.8, 4) is 11.5 Å². The predicted octanol–water partition coefficient (Wildman–Crippen LogP) is 4.37. The van der Waals surface area contributed by atoms with Crippen molar-refractivity contribution in [2.45, 2.75) is 24.4 Å². The van der Waals surface area contributed by atoms with Gasteiger partial charge >= 0.3 is 0 Å². The predicted molar refractivity (Wildman–Crippen MR) is 151 cm³/mol. The number of methoxy groups -OCH3 is 2. The summed E-state index contributed by atoms with van der Waals surface area (Å²) in [5.41, 5.74) is 0.695. The van der Waals surface area contributed by atoms with E-state index in [0.717, 1.165) is 4.31 Å². The molecule has 0 radical (unpaired) electrons. The highest BCUT2D eigenvalue weighted by Crippen LogP contribution is 2.36. The number of likely N-dealkylation sites (N-methyl/N-ethyl adjacent to an activating group) is 1. The van der Waals surface area contributed by atoms with Crippen LogP contribution in [-0.2, 0) is 26.2 Å². The average molecular weight is 595 g/mol. The maximum atomic E-state index is 13.9. The van der Waals surface area contributed by atoms with Crippen LogP contribution >= 0.6 is 23.2 Å². The van der Waals surface area contributed by atoms with Gasteiger partial charge in [-0.2, -0.15) is 0 Å². The summed E-state index contributed by atoms with van der Waals surface area (Å²) in [6.45, 7) is 0.888. The highest BCUT2D eigenvalue weighted by Gasteiger charge is 2.34. The number of ether oxygens (including phenoxy) is 2. The third kappa shape index (κ3) is 6.95. The Morgan fingerprint density at radius 2 is 1.64 bits per heavy atom. The molecule has 0 saturated carbocycles. The lowest BCUT2D eigenvalue weighted by Crippen LogP contribution is -2.50. The Hall–Kier alpha value is -3.47. The minimum atomic E-state index is -4.27. The lowest BCUT2D eigenvalue weighted by molar-refractivity contribution is -0.139. The smallest absolute Gasteiger partial charge is 0.264 e. The first-order chi connectivity index (χ1) is 18.5. The topological polar surface area (TPSA) is 105 Å². The summed E-state index contributed by atoms with van der Waals surface area (Å²) in [7, 11) is 0.0213. The average Bonchev–Trinajstić information content (AvgIpc) is 2.95. The fourth-order valence-corrected chi connectivity index (χ4v) is 5.61. The molecule has 3 rings (SSSR count). The van der Waals surface area contributed by atoms with E-state index in [2.05, 4.69) is 5.32 Å². The number of nitrogens with one attached hydrogen (secondary N) is 1. The first-order valence-electron chi connectivity index (χ1n) is 11.8. The van der Waals surface area contributed by atoms with Gasteiger partial charge in [-0.3, -0.25) is 13.9 Å². The zero-order chi connectivity index (χ0) is 28.7. The second-order valence-corrected chi connectivity index (χ2v) is 11.1. The van der Waals surface area contributed by atoms with Crippen molar-refractivity contribution in [2.75, 3.05) is 32.1 Å². The monoisotopic (exact) mass is 593 g/mol. The summed E-state index contributed by atoms with van der Waals surface area (Å²) in [5.74, 6) is -0.502. The molecule has 2 amide bonds. The van der Waals surface area contributed by atoms with Gasteiger partial charge in [-0.25, -0.2) is 8.42 Å². The van der Waals surface area contributed by atoms with Gasteiger partial charge in [0.2, 0.25) is 11.8 Å². The van der Waals surface area contributed by atoms with Gasteiger partial charge in [-0.15, -0.1) is 0 Å². The number of carbonyl (C=O) groups is 2. The molecule has 9 nitrogen and oxygen atoms in total. The van der Waals surface area contributed by atoms with Gasteiger partial charge in [-0.05, 0) is 48.9 Å². The molecular weight excluding hydrogens is 565 g/mol. The van der Waals surface area contributed by atoms with Crippen LogP contribution in [-0.4, -0.2) is 59.0 Å². The Balaban J connectivity index is 2.12. The number of amides is 2. The molecule has 0 bridgehead atoms. The van der Waals surface area contributed by atoms with E-state index in [1.807, 2.05) is 0 Å². The zero-order valence-electron chi connectivity index (χ0n) is 21.9. The number of carbonyl (C=O) groups excluding carboxylic acids is 2. The molecule has 1 atom stereocenters. The minimum absolute atomic E-state index is 0.0290. The molecule has 3 aromatic rings. The number of hydrogen-bond donors (Lipinski definition) is 1. The normalized spacial score (nSPS) is 11.8. The summed E-state index contributed by atoms with van der Waals surface area (Å²) in [4.78, 5) is 27.7. The van der Waals surface area contributed by atoms with Gasteiger partial charge in [0.05, 0.1) is 34.8 Å². The molecule has 0 unspecified atom stereocenters. The molecule has 0 fully saturated rings. The molecule has 208 valence electrons. The number of nitrogens with zero attached hydrogens (tertiary/aromatic N) is 2. The third-order valence-electron chi connectivity index (χ3n) is 6.02. The molecule has 0 heterocycles. The largest absolute Gasteiger partial charge is 0.497 e. The fraction of sp³-hybridized carbons (Fsp3) is 0.259. The number of halogens is 2. The van der Waals surface area contributed by atoms with E-state index in [4.69, 9.17) is 32.7 Å².